The molecule has 1 aliphatic heterocycles. The van der Waals surface area contributed by atoms with Gasteiger partial charge in [-0.2, -0.15) is 0 Å². The second-order valence-electron chi connectivity index (χ2n) is 3.62. The van der Waals surface area contributed by atoms with E-state index in [0.29, 0.717) is 6.61 Å². The van der Waals surface area contributed by atoms with E-state index in [2.05, 4.69) is 16.4 Å². The quantitative estimate of drug-likeness (QED) is 0.742. The largest absolute Gasteiger partial charge is 0.447 e. The Morgan fingerprint density at radius 3 is 3.07 bits per heavy atom. The number of aromatic amines is 1. The van der Waals surface area contributed by atoms with Crippen LogP contribution in [0, 0.1) is 0 Å². The number of hydrogen-bond acceptors (Lipinski definition) is 2. The summed E-state index contributed by atoms with van der Waals surface area (Å²) in [5, 5.41) is 3.90. The van der Waals surface area contributed by atoms with Crippen molar-refractivity contribution in [2.75, 3.05) is 6.61 Å². The van der Waals surface area contributed by atoms with Gasteiger partial charge >= 0.3 is 6.09 Å². The van der Waals surface area contributed by atoms with Crippen molar-refractivity contribution in [3.63, 3.8) is 0 Å². The van der Waals surface area contributed by atoms with Gasteiger partial charge in [0.1, 0.15) is 6.61 Å². The summed E-state index contributed by atoms with van der Waals surface area (Å²) in [6.45, 7) is 0.411. The second kappa shape index (κ2) is 3.02. The molecule has 0 radical (unpaired) electrons. The lowest BCUT2D eigenvalue weighted by atomic mass is 10.1. The summed E-state index contributed by atoms with van der Waals surface area (Å²) in [5.41, 5.74) is 2.18. The molecule has 1 amide bonds. The number of nitrogens with one attached hydrogen (secondary N) is 2. The third kappa shape index (κ3) is 1.34. The molecule has 2 N–H and O–H groups in total. The number of cyclic esters (lactones) is 1. The molecule has 4 nitrogen and oxygen atoms in total. The van der Waals surface area contributed by atoms with Gasteiger partial charge in [-0.25, -0.2) is 4.79 Å². The van der Waals surface area contributed by atoms with E-state index >= 15 is 0 Å². The average molecular weight is 202 g/mol. The Morgan fingerprint density at radius 2 is 2.27 bits per heavy atom. The standard InChI is InChI=1S/C11H10N2O2/c14-11-13-10(6-15-11)7-1-2-9-8(5-7)3-4-12-9/h1-5,10,12H,6H2,(H,13,14)/t10-/m1/s1. The van der Waals surface area contributed by atoms with Crippen LogP contribution in [0.1, 0.15) is 11.6 Å². The Morgan fingerprint density at radius 1 is 1.33 bits per heavy atom. The van der Waals surface area contributed by atoms with E-state index in [-0.39, 0.29) is 12.1 Å². The molecule has 0 unspecified atom stereocenters. The van der Waals surface area contributed by atoms with Gasteiger partial charge in [-0.05, 0) is 29.1 Å². The van der Waals surface area contributed by atoms with Gasteiger partial charge in [-0.15, -0.1) is 0 Å². The molecule has 2 heterocycles. The van der Waals surface area contributed by atoms with Crippen molar-refractivity contribution in [3.8, 4) is 0 Å². The van der Waals surface area contributed by atoms with E-state index in [0.717, 1.165) is 16.5 Å². The molecular formula is C11H10N2O2. The third-order valence-electron chi connectivity index (χ3n) is 2.65. The van der Waals surface area contributed by atoms with Crippen LogP contribution in [0.25, 0.3) is 10.9 Å². The molecule has 76 valence electrons. The van der Waals surface area contributed by atoms with Gasteiger partial charge in [0.25, 0.3) is 0 Å². The van der Waals surface area contributed by atoms with Crippen LogP contribution < -0.4 is 5.32 Å². The fraction of sp³-hybridized carbons (Fsp3) is 0.182. The van der Waals surface area contributed by atoms with Crippen molar-refractivity contribution in [1.29, 1.82) is 0 Å². The van der Waals surface area contributed by atoms with Crippen LogP contribution in [0.3, 0.4) is 0 Å². The van der Waals surface area contributed by atoms with Gasteiger partial charge in [-0.1, -0.05) is 6.07 Å². The van der Waals surface area contributed by atoms with Gasteiger partial charge in [0.15, 0.2) is 0 Å². The molecule has 1 aliphatic rings. The van der Waals surface area contributed by atoms with Crippen molar-refractivity contribution in [2.24, 2.45) is 0 Å². The average Bonchev–Trinajstić information content (AvgIpc) is 2.84. The normalized spacial score (nSPS) is 20.3. The number of carbonyl (C=O) groups excluding carboxylic acids is 1. The first kappa shape index (κ1) is 8.35. The molecule has 4 heteroatoms. The second-order valence-corrected chi connectivity index (χ2v) is 3.62. The maximum absolute atomic E-state index is 10.9. The van der Waals surface area contributed by atoms with Crippen LogP contribution in [-0.2, 0) is 4.74 Å². The molecule has 3 rings (SSSR count). The van der Waals surface area contributed by atoms with Gasteiger partial charge in [0.05, 0.1) is 6.04 Å². The lowest BCUT2D eigenvalue weighted by molar-refractivity contribution is 0.177. The summed E-state index contributed by atoms with van der Waals surface area (Å²) < 4.78 is 4.86. The van der Waals surface area contributed by atoms with Crippen LogP contribution in [0.15, 0.2) is 30.5 Å². The van der Waals surface area contributed by atoms with Gasteiger partial charge < -0.3 is 15.0 Å². The van der Waals surface area contributed by atoms with Crippen LogP contribution >= 0.6 is 0 Å². The summed E-state index contributed by atoms with van der Waals surface area (Å²) in [6, 6.07) is 8.06. The summed E-state index contributed by atoms with van der Waals surface area (Å²) in [4.78, 5) is 14.0. The number of rotatable bonds is 1. The Hall–Kier alpha value is -1.97. The minimum atomic E-state index is -0.339. The third-order valence-corrected chi connectivity index (χ3v) is 2.65. The SMILES string of the molecule is O=C1N[C@@H](c2ccc3[nH]ccc3c2)CO1. The van der Waals surface area contributed by atoms with E-state index in [1.54, 1.807) is 0 Å². The fourth-order valence-corrected chi connectivity index (χ4v) is 1.85. The molecule has 1 saturated heterocycles. The van der Waals surface area contributed by atoms with Crippen molar-refractivity contribution in [3.05, 3.63) is 36.0 Å². The first-order chi connectivity index (χ1) is 7.33. The topological polar surface area (TPSA) is 54.1 Å². The molecule has 15 heavy (non-hydrogen) atoms. The summed E-state index contributed by atoms with van der Waals surface area (Å²) >= 11 is 0. The molecular weight excluding hydrogens is 192 g/mol. The number of alkyl carbamates (subject to hydrolysis) is 1. The Bertz CT molecular complexity index is 518. The van der Waals surface area contributed by atoms with Crippen LogP contribution in [0.2, 0.25) is 0 Å². The highest BCUT2D eigenvalue weighted by Gasteiger charge is 2.23. The number of carbonyl (C=O) groups is 1. The number of amides is 1. The van der Waals surface area contributed by atoms with E-state index in [1.807, 2.05) is 24.4 Å². The van der Waals surface area contributed by atoms with Crippen LogP contribution in [0.5, 0.6) is 0 Å². The predicted molar refractivity (Wildman–Crippen MR) is 55.5 cm³/mol. The maximum Gasteiger partial charge on any atom is 0.407 e. The van der Waals surface area contributed by atoms with Gasteiger partial charge in [0, 0.05) is 11.7 Å². The summed E-state index contributed by atoms with van der Waals surface area (Å²) in [6.07, 6.45) is 1.56. The Balaban J connectivity index is 2.00. The molecule has 1 fully saturated rings. The molecule has 2 aromatic rings. The van der Waals surface area contributed by atoms with E-state index < -0.39 is 0 Å². The first-order valence-corrected chi connectivity index (χ1v) is 4.83. The number of fused-ring (bicyclic) bond motifs is 1. The zero-order valence-electron chi connectivity index (χ0n) is 7.99. The zero-order valence-corrected chi connectivity index (χ0v) is 7.99. The minimum Gasteiger partial charge on any atom is -0.447 e. The number of ether oxygens (including phenoxy) is 1. The lowest BCUT2D eigenvalue weighted by Crippen LogP contribution is -2.18. The molecule has 0 saturated carbocycles. The Labute approximate surface area is 86.2 Å². The number of benzene rings is 1. The fourth-order valence-electron chi connectivity index (χ4n) is 1.85. The molecule has 0 aliphatic carbocycles. The minimum absolute atomic E-state index is 0.0169. The molecule has 0 bridgehead atoms. The van der Waals surface area contributed by atoms with Crippen molar-refractivity contribution >= 4 is 17.0 Å². The van der Waals surface area contributed by atoms with Gasteiger partial charge in [0.2, 0.25) is 0 Å². The highest BCUT2D eigenvalue weighted by molar-refractivity contribution is 5.80. The summed E-state index contributed by atoms with van der Waals surface area (Å²) in [7, 11) is 0. The predicted octanol–water partition coefficient (Wildman–Crippen LogP) is 1.95. The molecule has 1 aromatic carbocycles. The smallest absolute Gasteiger partial charge is 0.407 e. The summed E-state index contributed by atoms with van der Waals surface area (Å²) in [5.74, 6) is 0. The first-order valence-electron chi connectivity index (χ1n) is 4.83. The van der Waals surface area contributed by atoms with E-state index in [1.165, 1.54) is 0 Å². The molecule has 0 spiro atoms. The van der Waals surface area contributed by atoms with Crippen molar-refractivity contribution in [2.45, 2.75) is 6.04 Å². The lowest BCUT2D eigenvalue weighted by Gasteiger charge is -2.07. The number of H-pyrrole nitrogens is 1. The van der Waals surface area contributed by atoms with Crippen LogP contribution in [0.4, 0.5) is 4.79 Å². The monoisotopic (exact) mass is 202 g/mol. The van der Waals surface area contributed by atoms with Crippen molar-refractivity contribution in [1.82, 2.24) is 10.3 Å². The van der Waals surface area contributed by atoms with Gasteiger partial charge in [-0.3, -0.25) is 0 Å². The van der Waals surface area contributed by atoms with Crippen molar-refractivity contribution < 1.29 is 9.53 Å². The number of hydrogen-bond donors (Lipinski definition) is 2. The van der Waals surface area contributed by atoms with E-state index in [9.17, 15) is 4.79 Å². The van der Waals surface area contributed by atoms with E-state index in [4.69, 9.17) is 4.74 Å². The highest BCUT2D eigenvalue weighted by Crippen LogP contribution is 2.22. The zero-order chi connectivity index (χ0) is 10.3. The molecule has 1 atom stereocenters. The Kier molecular flexibility index (Phi) is 1.68. The van der Waals surface area contributed by atoms with Crippen LogP contribution in [-0.4, -0.2) is 17.7 Å². The highest BCUT2D eigenvalue weighted by atomic mass is 16.6. The maximum atomic E-state index is 10.9. The molecule has 1 aromatic heterocycles. The number of aromatic nitrogens is 1.